The van der Waals surface area contributed by atoms with Gasteiger partial charge in [-0.2, -0.15) is 0 Å². The summed E-state index contributed by atoms with van der Waals surface area (Å²) < 4.78 is 0. The van der Waals surface area contributed by atoms with Crippen molar-refractivity contribution in [1.82, 2.24) is 4.90 Å². The van der Waals surface area contributed by atoms with Gasteiger partial charge in [-0.15, -0.1) is 0 Å². The SMILES string of the molecule is CCC(C)C1CCCN(C(=O)C(C)C)C1. The van der Waals surface area contributed by atoms with E-state index in [1.54, 1.807) is 0 Å². The lowest BCUT2D eigenvalue weighted by Gasteiger charge is -2.36. The molecule has 1 amide bonds. The molecule has 2 unspecified atom stereocenters. The van der Waals surface area contributed by atoms with E-state index in [0.717, 1.165) is 24.9 Å². The first-order valence-electron chi connectivity index (χ1n) is 6.35. The predicted molar refractivity (Wildman–Crippen MR) is 63.6 cm³/mol. The smallest absolute Gasteiger partial charge is 0.225 e. The fourth-order valence-corrected chi connectivity index (χ4v) is 2.37. The Kier molecular flexibility index (Phi) is 4.62. The van der Waals surface area contributed by atoms with Crippen molar-refractivity contribution in [2.75, 3.05) is 13.1 Å². The van der Waals surface area contributed by atoms with E-state index in [1.807, 2.05) is 13.8 Å². The van der Waals surface area contributed by atoms with Crippen LogP contribution in [0.25, 0.3) is 0 Å². The Bertz CT molecular complexity index is 213. The molecule has 88 valence electrons. The molecule has 2 heteroatoms. The fraction of sp³-hybridized carbons (Fsp3) is 0.923. The predicted octanol–water partition coefficient (Wildman–Crippen LogP) is 2.93. The molecule has 2 atom stereocenters. The highest BCUT2D eigenvalue weighted by Crippen LogP contribution is 2.26. The van der Waals surface area contributed by atoms with Gasteiger partial charge in [-0.1, -0.05) is 34.1 Å². The van der Waals surface area contributed by atoms with Crippen LogP contribution < -0.4 is 0 Å². The molecule has 0 spiro atoms. The first kappa shape index (κ1) is 12.5. The normalized spacial score (nSPS) is 24.3. The van der Waals surface area contributed by atoms with Gasteiger partial charge in [0.05, 0.1) is 0 Å². The Balaban J connectivity index is 2.52. The molecule has 1 rings (SSSR count). The summed E-state index contributed by atoms with van der Waals surface area (Å²) in [5.41, 5.74) is 0. The van der Waals surface area contributed by atoms with E-state index >= 15 is 0 Å². The molecule has 0 saturated carbocycles. The number of hydrogen-bond donors (Lipinski definition) is 0. The Morgan fingerprint density at radius 1 is 1.40 bits per heavy atom. The minimum absolute atomic E-state index is 0.153. The second kappa shape index (κ2) is 5.53. The molecule has 2 nitrogen and oxygen atoms in total. The molecule has 1 saturated heterocycles. The number of rotatable bonds is 3. The van der Waals surface area contributed by atoms with Gasteiger partial charge in [0.15, 0.2) is 0 Å². The molecule has 0 aliphatic carbocycles. The van der Waals surface area contributed by atoms with Crippen molar-refractivity contribution < 1.29 is 4.79 Å². The fourth-order valence-electron chi connectivity index (χ4n) is 2.37. The lowest BCUT2D eigenvalue weighted by molar-refractivity contribution is -0.136. The van der Waals surface area contributed by atoms with Crippen molar-refractivity contribution >= 4 is 5.91 Å². The highest BCUT2D eigenvalue weighted by Gasteiger charge is 2.27. The first-order valence-corrected chi connectivity index (χ1v) is 6.35. The van der Waals surface area contributed by atoms with Crippen LogP contribution >= 0.6 is 0 Å². The molecular formula is C13H25NO. The third-order valence-electron chi connectivity index (χ3n) is 3.71. The summed E-state index contributed by atoms with van der Waals surface area (Å²) in [6.07, 6.45) is 3.72. The Morgan fingerprint density at radius 2 is 2.07 bits per heavy atom. The third-order valence-corrected chi connectivity index (χ3v) is 3.71. The topological polar surface area (TPSA) is 20.3 Å². The van der Waals surface area contributed by atoms with E-state index in [2.05, 4.69) is 18.7 Å². The summed E-state index contributed by atoms with van der Waals surface area (Å²) >= 11 is 0. The van der Waals surface area contributed by atoms with E-state index in [-0.39, 0.29) is 5.92 Å². The van der Waals surface area contributed by atoms with Crippen LogP contribution in [0, 0.1) is 17.8 Å². The number of hydrogen-bond acceptors (Lipinski definition) is 1. The number of nitrogens with zero attached hydrogens (tertiary/aromatic N) is 1. The van der Waals surface area contributed by atoms with Gasteiger partial charge >= 0.3 is 0 Å². The van der Waals surface area contributed by atoms with Gasteiger partial charge in [0.2, 0.25) is 5.91 Å². The quantitative estimate of drug-likeness (QED) is 0.703. The van der Waals surface area contributed by atoms with E-state index in [9.17, 15) is 4.79 Å². The molecule has 0 radical (unpaired) electrons. The highest BCUT2D eigenvalue weighted by molar-refractivity contribution is 5.78. The maximum Gasteiger partial charge on any atom is 0.225 e. The van der Waals surface area contributed by atoms with Crippen LogP contribution in [0.2, 0.25) is 0 Å². The molecular weight excluding hydrogens is 186 g/mol. The standard InChI is InChI=1S/C13H25NO/c1-5-11(4)12-7-6-8-14(9-12)13(15)10(2)3/h10-12H,5-9H2,1-4H3. The van der Waals surface area contributed by atoms with Gasteiger partial charge in [0.25, 0.3) is 0 Å². The van der Waals surface area contributed by atoms with Crippen LogP contribution in [0.15, 0.2) is 0 Å². The minimum Gasteiger partial charge on any atom is -0.342 e. The third kappa shape index (κ3) is 3.22. The van der Waals surface area contributed by atoms with E-state index in [0.29, 0.717) is 5.91 Å². The van der Waals surface area contributed by atoms with Crippen LogP contribution in [-0.2, 0) is 4.79 Å². The molecule has 0 aromatic rings. The average Bonchev–Trinajstić information content (AvgIpc) is 2.27. The van der Waals surface area contributed by atoms with Crippen LogP contribution in [0.4, 0.5) is 0 Å². The maximum absolute atomic E-state index is 11.9. The molecule has 1 aliphatic rings. The van der Waals surface area contributed by atoms with E-state index in [4.69, 9.17) is 0 Å². The Labute approximate surface area is 94.0 Å². The zero-order chi connectivity index (χ0) is 11.4. The zero-order valence-corrected chi connectivity index (χ0v) is 10.6. The van der Waals surface area contributed by atoms with E-state index in [1.165, 1.54) is 19.3 Å². The molecule has 1 aliphatic heterocycles. The van der Waals surface area contributed by atoms with Gasteiger partial charge in [0, 0.05) is 19.0 Å². The summed E-state index contributed by atoms with van der Waals surface area (Å²) in [7, 11) is 0. The molecule has 0 bridgehead atoms. The zero-order valence-electron chi connectivity index (χ0n) is 10.6. The van der Waals surface area contributed by atoms with Crippen molar-refractivity contribution in [3.63, 3.8) is 0 Å². The van der Waals surface area contributed by atoms with Crippen LogP contribution in [0.1, 0.15) is 47.0 Å². The van der Waals surface area contributed by atoms with Crippen molar-refractivity contribution in [3.8, 4) is 0 Å². The summed E-state index contributed by atoms with van der Waals surface area (Å²) in [6, 6.07) is 0. The lowest BCUT2D eigenvalue weighted by Crippen LogP contribution is -2.43. The summed E-state index contributed by atoms with van der Waals surface area (Å²) in [4.78, 5) is 14.0. The van der Waals surface area contributed by atoms with Crippen LogP contribution in [0.5, 0.6) is 0 Å². The number of carbonyl (C=O) groups is 1. The molecule has 0 aromatic carbocycles. The summed E-state index contributed by atoms with van der Waals surface area (Å²) in [6.45, 7) is 10.5. The van der Waals surface area contributed by atoms with Gasteiger partial charge in [0.1, 0.15) is 0 Å². The van der Waals surface area contributed by atoms with Crippen molar-refractivity contribution in [2.45, 2.75) is 47.0 Å². The van der Waals surface area contributed by atoms with Gasteiger partial charge in [-0.05, 0) is 24.7 Å². The van der Waals surface area contributed by atoms with Crippen molar-refractivity contribution in [2.24, 2.45) is 17.8 Å². The molecule has 1 fully saturated rings. The lowest BCUT2D eigenvalue weighted by atomic mass is 9.85. The van der Waals surface area contributed by atoms with Crippen LogP contribution in [-0.4, -0.2) is 23.9 Å². The maximum atomic E-state index is 11.9. The summed E-state index contributed by atoms with van der Waals surface area (Å²) in [5, 5.41) is 0. The van der Waals surface area contributed by atoms with Crippen molar-refractivity contribution in [1.29, 1.82) is 0 Å². The Morgan fingerprint density at radius 3 is 2.60 bits per heavy atom. The van der Waals surface area contributed by atoms with E-state index < -0.39 is 0 Å². The first-order chi connectivity index (χ1) is 7.06. The van der Waals surface area contributed by atoms with Crippen molar-refractivity contribution in [3.05, 3.63) is 0 Å². The Hall–Kier alpha value is -0.530. The number of likely N-dealkylation sites (tertiary alicyclic amines) is 1. The molecule has 1 heterocycles. The van der Waals surface area contributed by atoms with Gasteiger partial charge < -0.3 is 4.90 Å². The molecule has 15 heavy (non-hydrogen) atoms. The average molecular weight is 211 g/mol. The van der Waals surface area contributed by atoms with Gasteiger partial charge in [-0.3, -0.25) is 4.79 Å². The molecule has 0 aromatic heterocycles. The minimum atomic E-state index is 0.153. The van der Waals surface area contributed by atoms with Crippen LogP contribution in [0.3, 0.4) is 0 Å². The molecule has 0 N–H and O–H groups in total. The van der Waals surface area contributed by atoms with Gasteiger partial charge in [-0.25, -0.2) is 0 Å². The highest BCUT2D eigenvalue weighted by atomic mass is 16.2. The summed E-state index contributed by atoms with van der Waals surface area (Å²) in [5.74, 6) is 1.97. The second-order valence-electron chi connectivity index (χ2n) is 5.23. The largest absolute Gasteiger partial charge is 0.342 e. The number of carbonyl (C=O) groups excluding carboxylic acids is 1. The number of amides is 1. The second-order valence-corrected chi connectivity index (χ2v) is 5.23. The number of piperidine rings is 1. The monoisotopic (exact) mass is 211 g/mol.